The zero-order valence-corrected chi connectivity index (χ0v) is 31.0. The number of hydrogen-bond acceptors (Lipinski definition) is 16. The summed E-state index contributed by atoms with van der Waals surface area (Å²) in [4.78, 5) is 78.6. The molecule has 0 unspecified atom stereocenters. The molecule has 0 aliphatic heterocycles. The summed E-state index contributed by atoms with van der Waals surface area (Å²) in [6, 6.07) is 13.1. The molecule has 0 aliphatic rings. The number of benzene rings is 3. The highest BCUT2D eigenvalue weighted by molar-refractivity contribution is 5.86. The molecule has 0 atom stereocenters. The van der Waals surface area contributed by atoms with E-state index >= 15 is 0 Å². The van der Waals surface area contributed by atoms with Gasteiger partial charge in [0, 0.05) is 41.3 Å². The number of aliphatic imine (C=N–C) groups is 1. The van der Waals surface area contributed by atoms with Gasteiger partial charge in [-0.2, -0.15) is 4.99 Å². The first-order chi connectivity index (χ1) is 25.8. The molecule has 0 radical (unpaired) electrons. The fourth-order valence-corrected chi connectivity index (χ4v) is 3.85. The molecule has 0 saturated carbocycles. The van der Waals surface area contributed by atoms with Crippen LogP contribution in [0.4, 0.5) is 49.4 Å². The molecule has 0 bridgehead atoms. The van der Waals surface area contributed by atoms with E-state index in [4.69, 9.17) is 30.4 Å². The zero-order valence-electron chi connectivity index (χ0n) is 31.0. The lowest BCUT2D eigenvalue weighted by molar-refractivity contribution is -0.385. The van der Waals surface area contributed by atoms with Crippen molar-refractivity contribution in [2.75, 3.05) is 48.5 Å². The summed E-state index contributed by atoms with van der Waals surface area (Å²) in [5.74, 6) is -1.17. The Bertz CT molecular complexity index is 1840. The first-order valence-corrected chi connectivity index (χ1v) is 16.3. The standard InChI is InChI=1S/C14H18N2O6.C13H19N3O4.C8H6N2O3/c1-9(2)13(17)21-4-5-22-14(18)15-11-6-10(3)7-12(8-11)16(19)20;1-8(2)12(17)19-3-4-20-13(18)16-11-6-9(14)5-10(15)7-11;1-6-2-7(9-5-11)4-8(3-6)10(12)13/h6-9H,4-5H2,1-3H3,(H,15,18);5-8H,3-4,14-15H2,1-2H3,(H,16,18);2-4H,1H3. The molecule has 296 valence electrons. The van der Waals surface area contributed by atoms with E-state index in [1.54, 1.807) is 71.9 Å². The summed E-state index contributed by atoms with van der Waals surface area (Å²) in [5.41, 5.74) is 14.1. The number of amides is 2. The van der Waals surface area contributed by atoms with Crippen LogP contribution in [0.25, 0.3) is 0 Å². The number of nitrogens with two attached hydrogens (primary N) is 2. The Balaban J connectivity index is 0.000000426. The second-order valence-corrected chi connectivity index (χ2v) is 11.9. The SMILES string of the molecule is CC(C)C(=O)OCCOC(=O)Nc1cc(N)cc(N)c1.Cc1cc(N=C=O)cc([N+](=O)[O-])c1.Cc1cc(NC(=O)OCCOC(=O)C(C)C)cc([N+](=O)[O-])c1. The van der Waals surface area contributed by atoms with E-state index in [1.165, 1.54) is 30.3 Å². The first kappa shape index (κ1) is 45.9. The quantitative estimate of drug-likeness (QED) is 0.0222. The van der Waals surface area contributed by atoms with E-state index in [-0.39, 0.29) is 73.0 Å². The largest absolute Gasteiger partial charge is 0.462 e. The Kier molecular flexibility index (Phi) is 19.6. The molecule has 3 rings (SSSR count). The molecular formula is C35H43N7O13. The van der Waals surface area contributed by atoms with Crippen LogP contribution in [-0.4, -0.2) is 66.5 Å². The van der Waals surface area contributed by atoms with E-state index in [0.29, 0.717) is 28.2 Å². The van der Waals surface area contributed by atoms with Gasteiger partial charge in [0.1, 0.15) is 26.4 Å². The van der Waals surface area contributed by atoms with Gasteiger partial charge in [-0.05, 0) is 55.3 Å². The molecule has 6 N–H and O–H groups in total. The molecule has 3 aromatic rings. The van der Waals surface area contributed by atoms with Crippen molar-refractivity contribution in [1.82, 2.24) is 0 Å². The number of carbonyl (C=O) groups is 4. The van der Waals surface area contributed by atoms with Crippen LogP contribution in [-0.2, 0) is 33.3 Å². The number of nitro groups is 2. The van der Waals surface area contributed by atoms with Crippen LogP contribution >= 0.6 is 0 Å². The number of nitrogens with one attached hydrogen (secondary N) is 2. The van der Waals surface area contributed by atoms with Gasteiger partial charge >= 0.3 is 24.1 Å². The van der Waals surface area contributed by atoms with E-state index in [1.807, 2.05) is 0 Å². The fraction of sp³-hybridized carbons (Fsp3) is 0.343. The maximum atomic E-state index is 11.5. The summed E-state index contributed by atoms with van der Waals surface area (Å²) in [7, 11) is 0. The number of esters is 2. The van der Waals surface area contributed by atoms with Crippen molar-refractivity contribution in [1.29, 1.82) is 0 Å². The van der Waals surface area contributed by atoms with Gasteiger partial charge in [0.2, 0.25) is 6.08 Å². The van der Waals surface area contributed by atoms with Crippen molar-refractivity contribution in [3.63, 3.8) is 0 Å². The number of hydrogen-bond donors (Lipinski definition) is 4. The number of ether oxygens (including phenoxy) is 4. The fourth-order valence-electron chi connectivity index (χ4n) is 3.85. The molecule has 0 saturated heterocycles. The molecule has 2 amide bonds. The van der Waals surface area contributed by atoms with Crippen molar-refractivity contribution in [2.45, 2.75) is 41.5 Å². The monoisotopic (exact) mass is 769 g/mol. The molecule has 20 nitrogen and oxygen atoms in total. The van der Waals surface area contributed by atoms with Crippen LogP contribution < -0.4 is 22.1 Å². The predicted octanol–water partition coefficient (Wildman–Crippen LogP) is 6.12. The number of nitrogen functional groups attached to an aromatic ring is 2. The first-order valence-electron chi connectivity index (χ1n) is 16.3. The lowest BCUT2D eigenvalue weighted by Crippen LogP contribution is -2.19. The average Bonchev–Trinajstić information content (AvgIpc) is 3.08. The number of nitrogens with zero attached hydrogens (tertiary/aromatic N) is 3. The van der Waals surface area contributed by atoms with Gasteiger partial charge in [-0.3, -0.25) is 40.5 Å². The molecule has 3 aromatic carbocycles. The maximum absolute atomic E-state index is 11.5. The Labute approximate surface area is 315 Å². The van der Waals surface area contributed by atoms with E-state index in [9.17, 15) is 44.2 Å². The van der Waals surface area contributed by atoms with Gasteiger partial charge in [0.15, 0.2) is 0 Å². The Morgan fingerprint density at radius 1 is 0.655 bits per heavy atom. The number of rotatable bonds is 13. The smallest absolute Gasteiger partial charge is 0.411 e. The van der Waals surface area contributed by atoms with Gasteiger partial charge in [-0.25, -0.2) is 14.4 Å². The number of non-ortho nitro benzene ring substituents is 2. The molecule has 55 heavy (non-hydrogen) atoms. The maximum Gasteiger partial charge on any atom is 0.411 e. The highest BCUT2D eigenvalue weighted by Crippen LogP contribution is 2.23. The van der Waals surface area contributed by atoms with Crippen LogP contribution in [0.3, 0.4) is 0 Å². The highest BCUT2D eigenvalue weighted by Gasteiger charge is 2.13. The summed E-state index contributed by atoms with van der Waals surface area (Å²) in [6.07, 6.45) is -0.118. The molecule has 0 aromatic heterocycles. The molecule has 0 spiro atoms. The minimum Gasteiger partial charge on any atom is -0.462 e. The topological polar surface area (TPSA) is 297 Å². The van der Waals surface area contributed by atoms with E-state index in [2.05, 4.69) is 15.6 Å². The highest BCUT2D eigenvalue weighted by atomic mass is 16.6. The average molecular weight is 770 g/mol. The molecule has 0 heterocycles. The van der Waals surface area contributed by atoms with E-state index in [0.717, 1.165) is 0 Å². The lowest BCUT2D eigenvalue weighted by Gasteiger charge is -2.09. The second-order valence-electron chi connectivity index (χ2n) is 11.9. The zero-order chi connectivity index (χ0) is 41.7. The summed E-state index contributed by atoms with van der Waals surface area (Å²) in [6.45, 7) is 10.1. The minimum absolute atomic E-state index is 0.0174. The molecular weight excluding hydrogens is 726 g/mol. The number of aryl methyl sites for hydroxylation is 2. The predicted molar refractivity (Wildman–Crippen MR) is 200 cm³/mol. The summed E-state index contributed by atoms with van der Waals surface area (Å²) in [5, 5.41) is 26.0. The van der Waals surface area contributed by atoms with Crippen molar-refractivity contribution >= 4 is 70.0 Å². The van der Waals surface area contributed by atoms with Crippen LogP contribution in [0.5, 0.6) is 0 Å². The van der Waals surface area contributed by atoms with Crippen LogP contribution in [0, 0.1) is 45.9 Å². The third-order valence-electron chi connectivity index (χ3n) is 6.24. The second kappa shape index (κ2) is 23.5. The van der Waals surface area contributed by atoms with Crippen molar-refractivity contribution < 1.29 is 52.8 Å². The number of nitro benzene ring substituents is 2. The lowest BCUT2D eigenvalue weighted by atomic mass is 10.2. The number of isocyanates is 1. The van der Waals surface area contributed by atoms with Gasteiger partial charge in [-0.15, -0.1) is 0 Å². The normalized spacial score (nSPS) is 9.89. The van der Waals surface area contributed by atoms with Crippen LogP contribution in [0.1, 0.15) is 38.8 Å². The van der Waals surface area contributed by atoms with E-state index < -0.39 is 22.0 Å². The third-order valence-corrected chi connectivity index (χ3v) is 6.24. The molecule has 20 heteroatoms. The van der Waals surface area contributed by atoms with Crippen molar-refractivity contribution in [2.24, 2.45) is 16.8 Å². The van der Waals surface area contributed by atoms with Crippen molar-refractivity contribution in [3.8, 4) is 0 Å². The van der Waals surface area contributed by atoms with Gasteiger partial charge in [0.05, 0.1) is 33.1 Å². The number of carbonyl (C=O) groups excluding carboxylic acids is 5. The Hall–Kier alpha value is -7.08. The molecule has 0 fully saturated rings. The Morgan fingerprint density at radius 2 is 1.05 bits per heavy atom. The summed E-state index contributed by atoms with van der Waals surface area (Å²) < 4.78 is 19.4. The van der Waals surface area contributed by atoms with Gasteiger partial charge in [0.25, 0.3) is 11.4 Å². The van der Waals surface area contributed by atoms with Crippen LogP contribution in [0.15, 0.2) is 59.6 Å². The van der Waals surface area contributed by atoms with Crippen molar-refractivity contribution in [3.05, 3.63) is 86.0 Å². The Morgan fingerprint density at radius 3 is 1.47 bits per heavy atom. The minimum atomic E-state index is -0.777. The number of anilines is 4. The molecule has 0 aliphatic carbocycles. The van der Waals surface area contributed by atoms with Gasteiger partial charge < -0.3 is 30.4 Å². The van der Waals surface area contributed by atoms with Crippen LogP contribution in [0.2, 0.25) is 0 Å². The van der Waals surface area contributed by atoms with Gasteiger partial charge in [-0.1, -0.05) is 27.7 Å². The summed E-state index contributed by atoms with van der Waals surface area (Å²) >= 11 is 0. The third kappa shape index (κ3) is 19.4.